The number of ether oxygens (including phenoxy) is 2. The molecule has 0 N–H and O–H groups in total. The Kier molecular flexibility index (Phi) is 2.91. The van der Waals surface area contributed by atoms with E-state index < -0.39 is 11.7 Å². The summed E-state index contributed by atoms with van der Waals surface area (Å²) in [4.78, 5) is 11.5. The lowest BCUT2D eigenvalue weighted by molar-refractivity contribution is -0.144. The fourth-order valence-corrected chi connectivity index (χ4v) is 1.87. The van der Waals surface area contributed by atoms with Gasteiger partial charge in [-0.25, -0.2) is 9.18 Å². The van der Waals surface area contributed by atoms with E-state index in [9.17, 15) is 9.18 Å². The Morgan fingerprint density at radius 1 is 1.59 bits per heavy atom. The van der Waals surface area contributed by atoms with Gasteiger partial charge < -0.3 is 9.47 Å². The molecule has 0 amide bonds. The number of aryl methyl sites for hydroxylation is 1. The molecule has 0 spiro atoms. The Labute approximate surface area is 99.5 Å². The maximum Gasteiger partial charge on any atom is 0.338 e. The van der Waals surface area contributed by atoms with Crippen molar-refractivity contribution in [2.45, 2.75) is 32.5 Å². The summed E-state index contributed by atoms with van der Waals surface area (Å²) in [6.07, 6.45) is -0.577. The molecule has 1 aromatic carbocycles. The molecule has 3 nitrogen and oxygen atoms in total. The van der Waals surface area contributed by atoms with Crippen LogP contribution in [0.1, 0.15) is 25.0 Å². The van der Waals surface area contributed by atoms with Crippen molar-refractivity contribution < 1.29 is 18.7 Å². The number of benzene rings is 1. The van der Waals surface area contributed by atoms with Gasteiger partial charge in [-0.15, -0.1) is 0 Å². The Bertz CT molecular complexity index is 458. The topological polar surface area (TPSA) is 38.8 Å². The molecule has 4 heteroatoms. The van der Waals surface area contributed by atoms with E-state index in [0.29, 0.717) is 12.2 Å². The number of hydrogen-bond acceptors (Lipinski definition) is 3. The summed E-state index contributed by atoms with van der Waals surface area (Å²) in [6.45, 7) is 5.57. The van der Waals surface area contributed by atoms with Crippen molar-refractivity contribution in [1.82, 2.24) is 0 Å². The summed E-state index contributed by atoms with van der Waals surface area (Å²) in [7, 11) is 0. The van der Waals surface area contributed by atoms with Crippen LogP contribution in [0.15, 0.2) is 18.2 Å². The van der Waals surface area contributed by atoms with Crippen LogP contribution in [0.5, 0.6) is 0 Å². The van der Waals surface area contributed by atoms with Crippen LogP contribution in [-0.2, 0) is 19.9 Å². The smallest absolute Gasteiger partial charge is 0.338 e. The molecule has 17 heavy (non-hydrogen) atoms. The zero-order valence-corrected chi connectivity index (χ0v) is 10.1. The fourth-order valence-electron chi connectivity index (χ4n) is 1.87. The quantitative estimate of drug-likeness (QED) is 0.599. The van der Waals surface area contributed by atoms with Gasteiger partial charge in [-0.2, -0.15) is 0 Å². The third kappa shape index (κ3) is 2.05. The van der Waals surface area contributed by atoms with Crippen LogP contribution in [0, 0.1) is 12.7 Å². The number of hydrogen-bond donors (Lipinski definition) is 0. The highest BCUT2D eigenvalue weighted by atomic mass is 19.1. The minimum atomic E-state index is -0.676. The molecule has 0 radical (unpaired) electrons. The maximum absolute atomic E-state index is 13.2. The summed E-state index contributed by atoms with van der Waals surface area (Å²) in [5.74, 6) is -0.623. The van der Waals surface area contributed by atoms with E-state index in [1.807, 2.05) is 0 Å². The first kappa shape index (κ1) is 12.0. The molecular weight excluding hydrogens is 223 g/mol. The Morgan fingerprint density at radius 3 is 2.88 bits per heavy atom. The maximum atomic E-state index is 13.2. The molecule has 1 saturated heterocycles. The highest BCUT2D eigenvalue weighted by Crippen LogP contribution is 2.46. The van der Waals surface area contributed by atoms with Crippen LogP contribution in [0.25, 0.3) is 0 Å². The van der Waals surface area contributed by atoms with E-state index in [1.165, 1.54) is 6.07 Å². The van der Waals surface area contributed by atoms with Gasteiger partial charge in [-0.1, -0.05) is 12.1 Å². The second-order valence-electron chi connectivity index (χ2n) is 4.32. The van der Waals surface area contributed by atoms with E-state index in [-0.39, 0.29) is 11.8 Å². The van der Waals surface area contributed by atoms with Gasteiger partial charge in [0.2, 0.25) is 0 Å². The third-order valence-electron chi connectivity index (χ3n) is 3.04. The van der Waals surface area contributed by atoms with Gasteiger partial charge in [0, 0.05) is 0 Å². The van der Waals surface area contributed by atoms with Crippen LogP contribution >= 0.6 is 0 Å². The molecule has 0 aliphatic carbocycles. The van der Waals surface area contributed by atoms with E-state index in [4.69, 9.17) is 9.47 Å². The monoisotopic (exact) mass is 238 g/mol. The molecule has 0 aromatic heterocycles. The van der Waals surface area contributed by atoms with E-state index in [0.717, 1.165) is 5.56 Å². The summed E-state index contributed by atoms with van der Waals surface area (Å²) >= 11 is 0. The van der Waals surface area contributed by atoms with Crippen molar-refractivity contribution in [3.63, 3.8) is 0 Å². The minimum absolute atomic E-state index is 0.259. The number of esters is 1. The molecule has 92 valence electrons. The highest BCUT2D eigenvalue weighted by molar-refractivity contribution is 5.79. The molecule has 1 fully saturated rings. The average molecular weight is 238 g/mol. The molecule has 1 aliphatic rings. The Hall–Kier alpha value is -1.42. The van der Waals surface area contributed by atoms with Gasteiger partial charge in [0.1, 0.15) is 11.4 Å². The second-order valence-corrected chi connectivity index (χ2v) is 4.32. The predicted molar refractivity (Wildman–Crippen MR) is 60.0 cm³/mol. The second kappa shape index (κ2) is 4.11. The van der Waals surface area contributed by atoms with Gasteiger partial charge in [-0.3, -0.25) is 0 Å². The van der Waals surface area contributed by atoms with E-state index >= 15 is 0 Å². The SMILES string of the molecule is CCOC(=O)C1OC1(C)c1ccc(F)c(C)c1. The van der Waals surface area contributed by atoms with Crippen LogP contribution in [0.4, 0.5) is 4.39 Å². The van der Waals surface area contributed by atoms with Gasteiger partial charge >= 0.3 is 5.97 Å². The first-order valence-electron chi connectivity index (χ1n) is 5.60. The van der Waals surface area contributed by atoms with Gasteiger partial charge in [0.25, 0.3) is 0 Å². The number of carbonyl (C=O) groups is 1. The Balaban J connectivity index is 2.19. The molecular formula is C13H15FO3. The molecule has 1 heterocycles. The van der Waals surface area contributed by atoms with Crippen LogP contribution in [0.3, 0.4) is 0 Å². The van der Waals surface area contributed by atoms with Crippen molar-refractivity contribution in [3.05, 3.63) is 35.1 Å². The molecule has 2 atom stereocenters. The zero-order valence-electron chi connectivity index (χ0n) is 10.1. The van der Waals surface area contributed by atoms with Crippen LogP contribution in [-0.4, -0.2) is 18.7 Å². The molecule has 2 unspecified atom stereocenters. The van der Waals surface area contributed by atoms with Crippen molar-refractivity contribution >= 4 is 5.97 Å². The summed E-state index contributed by atoms with van der Waals surface area (Å²) in [6, 6.07) is 4.73. The van der Waals surface area contributed by atoms with Crippen LogP contribution < -0.4 is 0 Å². The first-order chi connectivity index (χ1) is 7.99. The van der Waals surface area contributed by atoms with Crippen molar-refractivity contribution in [2.24, 2.45) is 0 Å². The number of carbonyl (C=O) groups excluding carboxylic acids is 1. The largest absolute Gasteiger partial charge is 0.464 e. The summed E-state index contributed by atoms with van der Waals surface area (Å²) < 4.78 is 23.5. The zero-order chi connectivity index (χ0) is 12.6. The van der Waals surface area contributed by atoms with Crippen molar-refractivity contribution in [3.8, 4) is 0 Å². The lowest BCUT2D eigenvalue weighted by Gasteiger charge is -2.08. The number of epoxide rings is 1. The van der Waals surface area contributed by atoms with Gasteiger partial charge in [-0.05, 0) is 38.0 Å². The van der Waals surface area contributed by atoms with Crippen molar-refractivity contribution in [1.29, 1.82) is 0 Å². The third-order valence-corrected chi connectivity index (χ3v) is 3.04. The first-order valence-corrected chi connectivity index (χ1v) is 5.60. The number of halogens is 1. The molecule has 0 saturated carbocycles. The molecule has 1 aliphatic heterocycles. The Morgan fingerprint density at radius 2 is 2.29 bits per heavy atom. The minimum Gasteiger partial charge on any atom is -0.464 e. The van der Waals surface area contributed by atoms with Gasteiger partial charge in [0.15, 0.2) is 6.10 Å². The fraction of sp³-hybridized carbons (Fsp3) is 0.462. The van der Waals surface area contributed by atoms with Gasteiger partial charge in [0.05, 0.1) is 6.61 Å². The standard InChI is InChI=1S/C13H15FO3/c1-4-16-12(15)11-13(3,17-11)9-5-6-10(14)8(2)7-9/h5-7,11H,4H2,1-3H3. The predicted octanol–water partition coefficient (Wildman–Crippen LogP) is 2.31. The molecule has 0 bridgehead atoms. The highest BCUT2D eigenvalue weighted by Gasteiger charge is 2.59. The van der Waals surface area contributed by atoms with Crippen LogP contribution in [0.2, 0.25) is 0 Å². The normalized spacial score (nSPS) is 26.7. The van der Waals surface area contributed by atoms with E-state index in [2.05, 4.69) is 0 Å². The van der Waals surface area contributed by atoms with E-state index in [1.54, 1.807) is 32.9 Å². The molecule has 2 rings (SSSR count). The lowest BCUT2D eigenvalue weighted by Crippen LogP contribution is -2.19. The molecule has 1 aromatic rings. The summed E-state index contributed by atoms with van der Waals surface area (Å²) in [5.41, 5.74) is 0.668. The summed E-state index contributed by atoms with van der Waals surface area (Å²) in [5, 5.41) is 0. The van der Waals surface area contributed by atoms with Crippen molar-refractivity contribution in [2.75, 3.05) is 6.61 Å². The average Bonchev–Trinajstić information content (AvgIpc) is 2.97. The number of rotatable bonds is 3. The lowest BCUT2D eigenvalue weighted by atomic mass is 9.96.